The number of carbonyl (C=O) groups is 1. The minimum Gasteiger partial charge on any atom is -0.389 e. The third-order valence-corrected chi connectivity index (χ3v) is 4.89. The molecule has 1 saturated carbocycles. The second-order valence-electron chi connectivity index (χ2n) is 6.99. The molecule has 0 N–H and O–H groups in total. The number of Topliss-reactive ketones (excluding diaryl/α,β-unsaturated/α-hetero) is 1. The molecule has 0 bridgehead atoms. The van der Waals surface area contributed by atoms with Crippen molar-refractivity contribution < 1.29 is 42.2 Å². The summed E-state index contributed by atoms with van der Waals surface area (Å²) < 4.78 is 5.91. The smallest absolute Gasteiger partial charge is 0.140 e. The monoisotopic (exact) mass is 410 g/mol. The van der Waals surface area contributed by atoms with Gasteiger partial charge in [-0.15, -0.1) is 5.56 Å². The van der Waals surface area contributed by atoms with Gasteiger partial charge < -0.3 is 4.74 Å². The molecule has 1 aliphatic carbocycles. The molecular formula is C22H25O2Y-. The zero-order valence-electron chi connectivity index (χ0n) is 15.1. The van der Waals surface area contributed by atoms with Crippen LogP contribution < -0.4 is 0 Å². The number of hydrogen-bond donors (Lipinski definition) is 0. The fourth-order valence-corrected chi connectivity index (χ4v) is 3.51. The van der Waals surface area contributed by atoms with E-state index in [1.54, 1.807) is 0 Å². The summed E-state index contributed by atoms with van der Waals surface area (Å²) in [7, 11) is 0. The Morgan fingerprint density at radius 3 is 2.80 bits per heavy atom. The quantitative estimate of drug-likeness (QED) is 0.634. The van der Waals surface area contributed by atoms with Gasteiger partial charge in [0.2, 0.25) is 0 Å². The van der Waals surface area contributed by atoms with Crippen molar-refractivity contribution in [1.29, 1.82) is 0 Å². The Morgan fingerprint density at radius 1 is 1.24 bits per heavy atom. The number of carbonyl (C=O) groups excluding carboxylic acids is 1. The van der Waals surface area contributed by atoms with Crippen LogP contribution >= 0.6 is 0 Å². The third-order valence-electron chi connectivity index (χ3n) is 4.89. The molecule has 1 fully saturated rings. The van der Waals surface area contributed by atoms with E-state index in [4.69, 9.17) is 4.74 Å². The summed E-state index contributed by atoms with van der Waals surface area (Å²) >= 11 is 0. The van der Waals surface area contributed by atoms with Crippen molar-refractivity contribution in [3.05, 3.63) is 71.3 Å². The van der Waals surface area contributed by atoms with E-state index in [1.807, 2.05) is 24.3 Å². The Labute approximate surface area is 176 Å². The molecule has 0 heterocycles. The summed E-state index contributed by atoms with van der Waals surface area (Å²) in [5.74, 6) is 1.11. The molecule has 0 saturated heterocycles. The number of benzene rings is 2. The van der Waals surface area contributed by atoms with Crippen molar-refractivity contribution >= 4 is 5.78 Å². The molecule has 2 unspecified atom stereocenters. The van der Waals surface area contributed by atoms with E-state index in [0.29, 0.717) is 31.3 Å². The zero-order chi connectivity index (χ0) is 16.9. The molecule has 0 spiro atoms. The number of hydrogen-bond acceptors (Lipinski definition) is 2. The molecule has 3 rings (SSSR count). The van der Waals surface area contributed by atoms with Crippen molar-refractivity contribution in [3.63, 3.8) is 0 Å². The van der Waals surface area contributed by atoms with Crippen molar-refractivity contribution in [1.82, 2.24) is 0 Å². The topological polar surface area (TPSA) is 26.3 Å². The number of ether oxygens (including phenoxy) is 1. The Balaban J connectivity index is 0.00000225. The molecule has 129 valence electrons. The summed E-state index contributed by atoms with van der Waals surface area (Å²) in [5.41, 5.74) is 3.58. The largest absolute Gasteiger partial charge is 0.389 e. The van der Waals surface area contributed by atoms with Gasteiger partial charge in [0.25, 0.3) is 0 Å². The summed E-state index contributed by atoms with van der Waals surface area (Å²) in [4.78, 5) is 12.4. The van der Waals surface area contributed by atoms with Gasteiger partial charge >= 0.3 is 0 Å². The first-order valence-electron chi connectivity index (χ1n) is 8.80. The van der Waals surface area contributed by atoms with Gasteiger partial charge in [0, 0.05) is 58.3 Å². The Hall–Kier alpha value is -0.826. The van der Waals surface area contributed by atoms with E-state index in [-0.39, 0.29) is 44.5 Å². The molecule has 1 aliphatic rings. The van der Waals surface area contributed by atoms with Gasteiger partial charge in [0.15, 0.2) is 0 Å². The van der Waals surface area contributed by atoms with Gasteiger partial charge in [0.1, 0.15) is 5.78 Å². The summed E-state index contributed by atoms with van der Waals surface area (Å²) in [5, 5.41) is 0. The van der Waals surface area contributed by atoms with Crippen LogP contribution in [0.2, 0.25) is 0 Å². The second-order valence-corrected chi connectivity index (χ2v) is 6.99. The van der Waals surface area contributed by atoms with Crippen LogP contribution in [0.3, 0.4) is 0 Å². The molecule has 25 heavy (non-hydrogen) atoms. The first kappa shape index (κ1) is 20.5. The fraction of sp³-hybridized carbons (Fsp3) is 0.409. The fourth-order valence-electron chi connectivity index (χ4n) is 3.51. The van der Waals surface area contributed by atoms with Gasteiger partial charge in [-0.1, -0.05) is 38.1 Å². The Bertz CT molecular complexity index is 681. The summed E-state index contributed by atoms with van der Waals surface area (Å²) in [6, 6.07) is 19.4. The maximum absolute atomic E-state index is 12.4. The normalized spacial score (nSPS) is 19.9. The molecule has 0 aromatic heterocycles. The van der Waals surface area contributed by atoms with Crippen LogP contribution in [0.25, 0.3) is 0 Å². The minimum absolute atomic E-state index is 0. The second kappa shape index (κ2) is 9.76. The zero-order valence-corrected chi connectivity index (χ0v) is 17.9. The van der Waals surface area contributed by atoms with Crippen LogP contribution in [0.4, 0.5) is 0 Å². The van der Waals surface area contributed by atoms with Gasteiger partial charge in [-0.25, -0.2) is 0 Å². The van der Waals surface area contributed by atoms with E-state index in [1.165, 1.54) is 5.56 Å². The van der Waals surface area contributed by atoms with E-state index in [2.05, 4.69) is 44.2 Å². The predicted molar refractivity (Wildman–Crippen MR) is 95.9 cm³/mol. The maximum Gasteiger partial charge on any atom is 0.140 e. The third kappa shape index (κ3) is 5.32. The molecule has 0 amide bonds. The van der Waals surface area contributed by atoms with E-state index in [9.17, 15) is 4.79 Å². The first-order valence-corrected chi connectivity index (χ1v) is 8.80. The van der Waals surface area contributed by atoms with Gasteiger partial charge in [-0.3, -0.25) is 4.79 Å². The molecular weight excluding hydrogens is 385 g/mol. The van der Waals surface area contributed by atoms with Crippen LogP contribution in [-0.4, -0.2) is 12.4 Å². The maximum atomic E-state index is 12.4. The standard InChI is InChI=1S/C22H25O2.Y/c1-16(2)18-9-6-10-19(13-18)22-20(11-12-21(22)23)15-24-14-17-7-4-3-5-8-17;/h3-4,6-10,13,16,20,22H,11-12,14-15H2,1-2H3;/q-1;. The molecule has 2 nitrogen and oxygen atoms in total. The van der Waals surface area contributed by atoms with Gasteiger partial charge in [-0.2, -0.15) is 30.3 Å². The molecule has 2 aromatic carbocycles. The van der Waals surface area contributed by atoms with E-state index >= 15 is 0 Å². The van der Waals surface area contributed by atoms with Crippen molar-refractivity contribution in [2.45, 2.75) is 45.1 Å². The van der Waals surface area contributed by atoms with Crippen LogP contribution in [0.1, 0.15) is 55.2 Å². The average Bonchev–Trinajstić information content (AvgIpc) is 2.96. The molecule has 2 atom stereocenters. The van der Waals surface area contributed by atoms with Crippen LogP contribution in [0.5, 0.6) is 0 Å². The molecule has 0 aliphatic heterocycles. The van der Waals surface area contributed by atoms with Crippen LogP contribution in [-0.2, 0) is 48.8 Å². The Morgan fingerprint density at radius 2 is 2.08 bits per heavy atom. The van der Waals surface area contributed by atoms with Gasteiger partial charge in [-0.05, 0) is 29.4 Å². The molecule has 3 heteroatoms. The SMILES string of the molecule is CC(C)c1cccc(C2C(=O)CCC2COCc2c[c-]ccc2)c1.[Y]. The Kier molecular flexibility index (Phi) is 7.99. The minimum atomic E-state index is -0.00830. The summed E-state index contributed by atoms with van der Waals surface area (Å²) in [6.45, 7) is 5.60. The van der Waals surface area contributed by atoms with E-state index in [0.717, 1.165) is 17.5 Å². The van der Waals surface area contributed by atoms with Crippen molar-refractivity contribution in [2.75, 3.05) is 6.61 Å². The van der Waals surface area contributed by atoms with Gasteiger partial charge in [0.05, 0.1) is 0 Å². The molecule has 2 aromatic rings. The van der Waals surface area contributed by atoms with E-state index < -0.39 is 0 Å². The number of rotatable bonds is 6. The predicted octanol–water partition coefficient (Wildman–Crippen LogP) is 4.89. The molecule has 1 radical (unpaired) electrons. The van der Waals surface area contributed by atoms with Crippen LogP contribution in [0.15, 0.2) is 48.5 Å². The summed E-state index contributed by atoms with van der Waals surface area (Å²) in [6.07, 6.45) is 1.60. The number of ketones is 1. The van der Waals surface area contributed by atoms with Crippen molar-refractivity contribution in [3.8, 4) is 0 Å². The average molecular weight is 410 g/mol. The van der Waals surface area contributed by atoms with Crippen molar-refractivity contribution in [2.24, 2.45) is 5.92 Å². The first-order chi connectivity index (χ1) is 11.6. The van der Waals surface area contributed by atoms with Crippen LogP contribution in [0, 0.1) is 12.0 Å².